The minimum atomic E-state index is -2.61. The highest BCUT2D eigenvalue weighted by atomic mass is 19.3. The Morgan fingerprint density at radius 2 is 2.03 bits per heavy atom. The van der Waals surface area contributed by atoms with Crippen molar-refractivity contribution in [1.82, 2.24) is 9.55 Å². The normalized spacial score (nSPS) is 16.2. The predicted molar refractivity (Wildman–Crippen MR) is 115 cm³/mol. The van der Waals surface area contributed by atoms with Crippen molar-refractivity contribution < 1.29 is 22.7 Å². The van der Waals surface area contributed by atoms with Crippen LogP contribution in [-0.4, -0.2) is 42.9 Å². The number of aromatic nitrogens is 2. The highest BCUT2D eigenvalue weighted by Crippen LogP contribution is 2.27. The van der Waals surface area contributed by atoms with Crippen molar-refractivity contribution in [2.75, 3.05) is 32.3 Å². The molecule has 8 heteroatoms. The Balaban J connectivity index is 0.000000375. The van der Waals surface area contributed by atoms with Crippen molar-refractivity contribution in [1.29, 1.82) is 0 Å². The molecule has 170 valence electrons. The Bertz CT molecular complexity index is 772. The van der Waals surface area contributed by atoms with E-state index in [4.69, 9.17) is 4.74 Å². The summed E-state index contributed by atoms with van der Waals surface area (Å²) in [7, 11) is 2.14. The van der Waals surface area contributed by atoms with Crippen molar-refractivity contribution in [3.63, 3.8) is 0 Å². The van der Waals surface area contributed by atoms with Gasteiger partial charge in [-0.1, -0.05) is 20.3 Å². The van der Waals surface area contributed by atoms with Crippen molar-refractivity contribution in [2.45, 2.75) is 59.4 Å². The van der Waals surface area contributed by atoms with Gasteiger partial charge in [0, 0.05) is 39.4 Å². The maximum atomic E-state index is 13.0. The van der Waals surface area contributed by atoms with Crippen LogP contribution >= 0.6 is 0 Å². The Labute approximate surface area is 177 Å². The quantitative estimate of drug-likeness (QED) is 0.619. The molecule has 1 unspecified atom stereocenters. The molecule has 0 N–H and O–H groups in total. The van der Waals surface area contributed by atoms with Crippen LogP contribution in [0.5, 0.6) is 0 Å². The standard InChI is InChI=1S/C14H17F2N3O.C7H14O.CH3F/c1-4-7-19-12-6-5-10(18(3)9(2)20)8-11(12)17-14(19)13(15)16;1-7-4-2-3-5-8-6-7;1-2/h5-6,8,13H,4,7H2,1-3H3;7H,2-6H2,1H3;1H3. The van der Waals surface area contributed by atoms with Crippen LogP contribution in [0.4, 0.5) is 18.9 Å². The van der Waals surface area contributed by atoms with Crippen molar-refractivity contribution in [2.24, 2.45) is 5.92 Å². The average Bonchev–Trinajstić information content (AvgIpc) is 2.92. The smallest absolute Gasteiger partial charge is 0.295 e. The largest absolute Gasteiger partial charge is 0.381 e. The summed E-state index contributed by atoms with van der Waals surface area (Å²) in [4.78, 5) is 16.8. The summed E-state index contributed by atoms with van der Waals surface area (Å²) in [6.45, 7) is 8.11. The van der Waals surface area contributed by atoms with Gasteiger partial charge in [0.2, 0.25) is 5.91 Å². The first-order valence-corrected chi connectivity index (χ1v) is 10.3. The van der Waals surface area contributed by atoms with Crippen LogP contribution in [0.3, 0.4) is 0 Å². The number of halogens is 3. The third kappa shape index (κ3) is 7.31. The van der Waals surface area contributed by atoms with Crippen LogP contribution in [-0.2, 0) is 16.1 Å². The molecule has 0 bridgehead atoms. The van der Waals surface area contributed by atoms with Crippen molar-refractivity contribution >= 4 is 22.6 Å². The van der Waals surface area contributed by atoms with Gasteiger partial charge in [-0.25, -0.2) is 13.8 Å². The van der Waals surface area contributed by atoms with E-state index in [-0.39, 0.29) is 11.7 Å². The number of aryl methyl sites for hydroxylation is 1. The van der Waals surface area contributed by atoms with E-state index in [1.54, 1.807) is 25.2 Å². The highest BCUT2D eigenvalue weighted by molar-refractivity contribution is 5.93. The third-order valence-electron chi connectivity index (χ3n) is 4.90. The van der Waals surface area contributed by atoms with Crippen LogP contribution in [0.1, 0.15) is 58.7 Å². The minimum Gasteiger partial charge on any atom is -0.381 e. The molecule has 0 saturated carbocycles. The first-order valence-electron chi connectivity index (χ1n) is 10.3. The van der Waals surface area contributed by atoms with Gasteiger partial charge < -0.3 is 14.2 Å². The maximum absolute atomic E-state index is 13.0. The fourth-order valence-corrected chi connectivity index (χ4v) is 3.22. The monoisotopic (exact) mass is 429 g/mol. The van der Waals surface area contributed by atoms with E-state index in [0.29, 0.717) is 30.4 Å². The predicted octanol–water partition coefficient (Wildman–Crippen LogP) is 5.78. The molecule has 2 heterocycles. The van der Waals surface area contributed by atoms with Gasteiger partial charge in [-0.15, -0.1) is 0 Å². The molecule has 1 atom stereocenters. The van der Waals surface area contributed by atoms with E-state index in [0.717, 1.165) is 25.6 Å². The Hall–Kier alpha value is -2.09. The number of rotatable bonds is 4. The Morgan fingerprint density at radius 3 is 2.63 bits per heavy atom. The number of anilines is 1. The van der Waals surface area contributed by atoms with E-state index >= 15 is 0 Å². The molecule has 0 radical (unpaired) electrons. The fourth-order valence-electron chi connectivity index (χ4n) is 3.22. The minimum absolute atomic E-state index is 0.119. The fraction of sp³-hybridized carbons (Fsp3) is 0.636. The number of hydrogen-bond acceptors (Lipinski definition) is 3. The van der Waals surface area contributed by atoms with Gasteiger partial charge in [0.1, 0.15) is 0 Å². The lowest BCUT2D eigenvalue weighted by atomic mass is 10.1. The van der Waals surface area contributed by atoms with Gasteiger partial charge in [-0.05, 0) is 43.4 Å². The molecule has 30 heavy (non-hydrogen) atoms. The van der Waals surface area contributed by atoms with Gasteiger partial charge in [0.15, 0.2) is 5.82 Å². The number of benzene rings is 1. The molecule has 1 fully saturated rings. The van der Waals surface area contributed by atoms with Gasteiger partial charge in [0.25, 0.3) is 6.43 Å². The number of carbonyl (C=O) groups is 1. The lowest BCUT2D eigenvalue weighted by molar-refractivity contribution is -0.116. The number of amides is 1. The van der Waals surface area contributed by atoms with Gasteiger partial charge in [0.05, 0.1) is 18.2 Å². The van der Waals surface area contributed by atoms with E-state index in [1.807, 2.05) is 6.92 Å². The molecule has 5 nitrogen and oxygen atoms in total. The Kier molecular flexibility index (Phi) is 11.5. The summed E-state index contributed by atoms with van der Waals surface area (Å²) in [5.74, 6) is 0.466. The third-order valence-corrected chi connectivity index (χ3v) is 4.90. The second-order valence-corrected chi connectivity index (χ2v) is 7.35. The van der Waals surface area contributed by atoms with E-state index in [9.17, 15) is 18.0 Å². The van der Waals surface area contributed by atoms with Gasteiger partial charge in [-0.2, -0.15) is 0 Å². The first-order chi connectivity index (χ1) is 14.3. The molecule has 1 amide bonds. The number of fused-ring (bicyclic) bond motifs is 1. The highest BCUT2D eigenvalue weighted by Gasteiger charge is 2.19. The van der Waals surface area contributed by atoms with Crippen molar-refractivity contribution in [3.05, 3.63) is 24.0 Å². The van der Waals surface area contributed by atoms with Crippen LogP contribution in [0, 0.1) is 5.92 Å². The molecule has 1 saturated heterocycles. The zero-order chi connectivity index (χ0) is 22.7. The zero-order valence-electron chi connectivity index (χ0n) is 18.6. The van der Waals surface area contributed by atoms with Gasteiger partial charge in [-0.3, -0.25) is 9.18 Å². The molecule has 0 spiro atoms. The second kappa shape index (κ2) is 13.3. The molecule has 0 aliphatic carbocycles. The summed E-state index contributed by atoms with van der Waals surface area (Å²) in [6.07, 6.45) is 2.13. The molecule has 3 rings (SSSR count). The van der Waals surface area contributed by atoms with Crippen LogP contribution in [0.2, 0.25) is 0 Å². The molecule has 1 aliphatic heterocycles. The number of nitrogens with zero attached hydrogens (tertiary/aromatic N) is 3. The van der Waals surface area contributed by atoms with E-state index < -0.39 is 6.43 Å². The lowest BCUT2D eigenvalue weighted by Crippen LogP contribution is -2.22. The SMILES string of the molecule is CC1CCCCOC1.CCCn1c(C(F)F)nc2cc(N(C)C(C)=O)ccc21.CF. The average molecular weight is 430 g/mol. The number of alkyl halides is 3. The molecule has 1 aromatic heterocycles. The topological polar surface area (TPSA) is 47.4 Å². The Morgan fingerprint density at radius 1 is 1.33 bits per heavy atom. The summed E-state index contributed by atoms with van der Waals surface area (Å²) in [6, 6.07) is 5.14. The van der Waals surface area contributed by atoms with Crippen molar-refractivity contribution in [3.8, 4) is 0 Å². The van der Waals surface area contributed by atoms with E-state index in [1.165, 1.54) is 35.7 Å². The number of carbonyl (C=O) groups excluding carboxylic acids is 1. The maximum Gasteiger partial charge on any atom is 0.295 e. The summed E-state index contributed by atoms with van der Waals surface area (Å²) < 4.78 is 42.4. The van der Waals surface area contributed by atoms with Crippen LogP contribution < -0.4 is 4.90 Å². The summed E-state index contributed by atoms with van der Waals surface area (Å²) in [5, 5.41) is 0. The molecular weight excluding hydrogens is 395 g/mol. The first kappa shape index (κ1) is 25.9. The van der Waals surface area contributed by atoms with Crippen LogP contribution in [0.15, 0.2) is 18.2 Å². The number of ether oxygens (including phenoxy) is 1. The second-order valence-electron chi connectivity index (χ2n) is 7.35. The van der Waals surface area contributed by atoms with Gasteiger partial charge >= 0.3 is 0 Å². The molecular formula is C22H34F3N3O2. The molecule has 1 aliphatic rings. The van der Waals surface area contributed by atoms with E-state index in [2.05, 4.69) is 11.9 Å². The summed E-state index contributed by atoms with van der Waals surface area (Å²) >= 11 is 0. The molecule has 2 aromatic rings. The zero-order valence-corrected chi connectivity index (χ0v) is 18.6. The molecule has 1 aromatic carbocycles. The number of imidazole rings is 1. The van der Waals surface area contributed by atoms with Crippen LogP contribution in [0.25, 0.3) is 11.0 Å². The lowest BCUT2D eigenvalue weighted by Gasteiger charge is -2.14. The summed E-state index contributed by atoms with van der Waals surface area (Å²) in [5.41, 5.74) is 1.80. The number of hydrogen-bond donors (Lipinski definition) is 0.